The third kappa shape index (κ3) is 7.19. The molecule has 0 N–H and O–H groups in total. The smallest absolute Gasteiger partial charge is 0.292 e. The zero-order valence-corrected chi connectivity index (χ0v) is 19.2. The first-order valence-electron chi connectivity index (χ1n) is 11.5. The first-order chi connectivity index (χ1) is 16.4. The lowest BCUT2D eigenvalue weighted by Crippen LogP contribution is -2.22. The topological polar surface area (TPSA) is 35.5 Å². The fourth-order valence-electron chi connectivity index (χ4n) is 3.90. The highest BCUT2D eigenvalue weighted by Crippen LogP contribution is 2.43. The van der Waals surface area contributed by atoms with Crippen molar-refractivity contribution in [2.24, 2.45) is 0 Å². The van der Waals surface area contributed by atoms with Crippen LogP contribution in [0.3, 0.4) is 0 Å². The van der Waals surface area contributed by atoms with E-state index in [1.54, 1.807) is 30.3 Å². The molecule has 0 amide bonds. The second-order valence-corrected chi connectivity index (χ2v) is 8.23. The Labute approximate surface area is 198 Å². The molecule has 0 radical (unpaired) electrons. The molecule has 3 aromatic rings. The number of halogens is 3. The van der Waals surface area contributed by atoms with E-state index in [0.29, 0.717) is 17.5 Å². The molecule has 0 heterocycles. The van der Waals surface area contributed by atoms with Crippen molar-refractivity contribution in [3.8, 4) is 11.1 Å². The quantitative estimate of drug-likeness (QED) is 0.161. The van der Waals surface area contributed by atoms with E-state index in [1.165, 1.54) is 12.1 Å². The molecule has 0 spiro atoms. The first-order valence-corrected chi connectivity index (χ1v) is 11.5. The first kappa shape index (κ1) is 25.5. The molecule has 0 bridgehead atoms. The molecular weight excluding hydrogens is 441 g/mol. The minimum atomic E-state index is -4.44. The van der Waals surface area contributed by atoms with Gasteiger partial charge in [-0.2, -0.15) is 18.1 Å². The van der Waals surface area contributed by atoms with Gasteiger partial charge in [0.25, 0.3) is 0 Å². The van der Waals surface area contributed by atoms with Gasteiger partial charge in [-0.15, -0.1) is 0 Å². The van der Waals surface area contributed by atoms with Gasteiger partial charge in [-0.3, -0.25) is 4.89 Å². The maximum absolute atomic E-state index is 14.2. The standard InChI is InChI=1S/C28H29F3O3/c1-2-3-4-11-16-26(28(29,30)31)25-19-23(17-18-24(25)22-14-9-6-10-15-22)27(32)34-33-20-21-12-7-5-8-13-21/h5-10,12-15,17-19,26H,2-4,11,16,20H2,1H3. The molecule has 180 valence electrons. The van der Waals surface area contributed by atoms with Crippen LogP contribution in [0.5, 0.6) is 0 Å². The summed E-state index contributed by atoms with van der Waals surface area (Å²) in [5.74, 6) is -2.51. The number of carbonyl (C=O) groups is 1. The molecule has 3 nitrogen and oxygen atoms in total. The number of hydrogen-bond acceptors (Lipinski definition) is 3. The van der Waals surface area contributed by atoms with Crippen molar-refractivity contribution in [1.82, 2.24) is 0 Å². The van der Waals surface area contributed by atoms with E-state index in [9.17, 15) is 18.0 Å². The van der Waals surface area contributed by atoms with Crippen LogP contribution in [0.25, 0.3) is 11.1 Å². The van der Waals surface area contributed by atoms with Gasteiger partial charge in [-0.05, 0) is 40.8 Å². The van der Waals surface area contributed by atoms with Crippen LogP contribution in [0.15, 0.2) is 78.9 Å². The lowest BCUT2D eigenvalue weighted by Gasteiger charge is -2.24. The Kier molecular flexibility index (Phi) is 9.28. The van der Waals surface area contributed by atoms with Crippen LogP contribution < -0.4 is 0 Å². The van der Waals surface area contributed by atoms with E-state index >= 15 is 0 Å². The molecule has 0 aromatic heterocycles. The molecule has 0 fully saturated rings. The highest BCUT2D eigenvalue weighted by atomic mass is 19.4. The number of benzene rings is 3. The van der Waals surface area contributed by atoms with Crippen molar-refractivity contribution in [3.05, 3.63) is 95.6 Å². The molecule has 1 unspecified atom stereocenters. The van der Waals surface area contributed by atoms with Gasteiger partial charge in [-0.25, -0.2) is 4.79 Å². The number of rotatable bonds is 11. The van der Waals surface area contributed by atoms with Crippen molar-refractivity contribution < 1.29 is 27.7 Å². The van der Waals surface area contributed by atoms with Crippen LogP contribution in [0.1, 0.15) is 66.4 Å². The Morgan fingerprint density at radius 1 is 0.882 bits per heavy atom. The van der Waals surface area contributed by atoms with E-state index < -0.39 is 18.1 Å². The lowest BCUT2D eigenvalue weighted by atomic mass is 9.85. The summed E-state index contributed by atoms with van der Waals surface area (Å²) < 4.78 is 42.6. The van der Waals surface area contributed by atoms with E-state index in [4.69, 9.17) is 9.78 Å². The predicted molar refractivity (Wildman–Crippen MR) is 126 cm³/mol. The summed E-state index contributed by atoms with van der Waals surface area (Å²) in [6.07, 6.45) is -1.45. The SMILES string of the molecule is CCCCCCC(c1cc(C(=O)OOCc2ccccc2)ccc1-c1ccccc1)C(F)(F)F. The summed E-state index contributed by atoms with van der Waals surface area (Å²) in [5, 5.41) is 0. The largest absolute Gasteiger partial charge is 0.395 e. The maximum atomic E-state index is 14.2. The molecule has 34 heavy (non-hydrogen) atoms. The molecule has 0 saturated heterocycles. The van der Waals surface area contributed by atoms with Crippen LogP contribution in [0, 0.1) is 0 Å². The van der Waals surface area contributed by atoms with Crippen molar-refractivity contribution in [2.45, 2.75) is 57.7 Å². The van der Waals surface area contributed by atoms with Gasteiger partial charge in [0.05, 0.1) is 11.5 Å². The fourth-order valence-corrected chi connectivity index (χ4v) is 3.90. The van der Waals surface area contributed by atoms with Crippen LogP contribution in [-0.4, -0.2) is 12.1 Å². The van der Waals surface area contributed by atoms with Gasteiger partial charge in [0.2, 0.25) is 0 Å². The van der Waals surface area contributed by atoms with Crippen LogP contribution in [0.2, 0.25) is 0 Å². The van der Waals surface area contributed by atoms with E-state index in [1.807, 2.05) is 43.3 Å². The molecule has 6 heteroatoms. The Hall–Kier alpha value is -3.12. The van der Waals surface area contributed by atoms with Gasteiger partial charge < -0.3 is 0 Å². The second-order valence-electron chi connectivity index (χ2n) is 8.23. The average molecular weight is 471 g/mol. The zero-order valence-electron chi connectivity index (χ0n) is 19.2. The Morgan fingerprint density at radius 3 is 2.21 bits per heavy atom. The third-order valence-corrected chi connectivity index (χ3v) is 5.69. The summed E-state index contributed by atoms with van der Waals surface area (Å²) in [6, 6.07) is 22.4. The van der Waals surface area contributed by atoms with Crippen molar-refractivity contribution in [3.63, 3.8) is 0 Å². The summed E-state index contributed by atoms with van der Waals surface area (Å²) >= 11 is 0. The monoisotopic (exact) mass is 470 g/mol. The molecule has 0 aliphatic rings. The zero-order chi connectivity index (χ0) is 24.4. The van der Waals surface area contributed by atoms with Gasteiger partial charge in [-0.1, -0.05) is 99.3 Å². The van der Waals surface area contributed by atoms with E-state index in [0.717, 1.165) is 24.8 Å². The maximum Gasteiger partial charge on any atom is 0.395 e. The van der Waals surface area contributed by atoms with Gasteiger partial charge in [0.1, 0.15) is 6.61 Å². The van der Waals surface area contributed by atoms with Gasteiger partial charge >= 0.3 is 12.1 Å². The average Bonchev–Trinajstić information content (AvgIpc) is 2.84. The van der Waals surface area contributed by atoms with Crippen molar-refractivity contribution in [2.75, 3.05) is 0 Å². The minimum absolute atomic E-state index is 0.0190. The highest BCUT2D eigenvalue weighted by molar-refractivity contribution is 5.90. The number of hydrogen-bond donors (Lipinski definition) is 0. The molecule has 1 atom stereocenters. The highest BCUT2D eigenvalue weighted by Gasteiger charge is 2.41. The summed E-state index contributed by atoms with van der Waals surface area (Å²) in [4.78, 5) is 22.5. The molecule has 3 aromatic carbocycles. The molecule has 0 aliphatic carbocycles. The van der Waals surface area contributed by atoms with Crippen molar-refractivity contribution >= 4 is 5.97 Å². The molecular formula is C28H29F3O3. The van der Waals surface area contributed by atoms with Crippen LogP contribution >= 0.6 is 0 Å². The van der Waals surface area contributed by atoms with Crippen molar-refractivity contribution in [1.29, 1.82) is 0 Å². The normalized spacial score (nSPS) is 12.4. The number of unbranched alkanes of at least 4 members (excludes halogenated alkanes) is 3. The van der Waals surface area contributed by atoms with Crippen LogP contribution in [0.4, 0.5) is 13.2 Å². The summed E-state index contributed by atoms with van der Waals surface area (Å²) in [6.45, 7) is 2.06. The fraction of sp³-hybridized carbons (Fsp3) is 0.321. The lowest BCUT2D eigenvalue weighted by molar-refractivity contribution is -0.250. The minimum Gasteiger partial charge on any atom is -0.292 e. The Morgan fingerprint density at radius 2 is 1.56 bits per heavy atom. The summed E-state index contributed by atoms with van der Waals surface area (Å²) in [7, 11) is 0. The third-order valence-electron chi connectivity index (χ3n) is 5.69. The second kappa shape index (κ2) is 12.4. The molecule has 3 rings (SSSR count). The van der Waals surface area contributed by atoms with E-state index in [-0.39, 0.29) is 24.2 Å². The number of alkyl halides is 3. The Bertz CT molecular complexity index is 1030. The Balaban J connectivity index is 1.87. The van der Waals surface area contributed by atoms with Gasteiger partial charge in [0.15, 0.2) is 0 Å². The number of carbonyl (C=O) groups excluding carboxylic acids is 1. The van der Waals surface area contributed by atoms with Gasteiger partial charge in [0, 0.05) is 0 Å². The van der Waals surface area contributed by atoms with Crippen LogP contribution in [-0.2, 0) is 16.4 Å². The molecule has 0 saturated carbocycles. The predicted octanol–water partition coefficient (Wildman–Crippen LogP) is 8.26. The summed E-state index contributed by atoms with van der Waals surface area (Å²) in [5.41, 5.74) is 2.03. The van der Waals surface area contributed by atoms with E-state index in [2.05, 4.69) is 0 Å². The molecule has 0 aliphatic heterocycles.